The van der Waals surface area contributed by atoms with Gasteiger partial charge in [-0.25, -0.2) is 4.79 Å². The highest BCUT2D eigenvalue weighted by molar-refractivity contribution is 5.91. The van der Waals surface area contributed by atoms with Crippen molar-refractivity contribution >= 4 is 17.3 Å². The Balaban J connectivity index is 2.07. The summed E-state index contributed by atoms with van der Waals surface area (Å²) < 4.78 is 0. The molecule has 1 heterocycles. The van der Waals surface area contributed by atoms with Crippen LogP contribution in [-0.4, -0.2) is 11.1 Å². The number of benzene rings is 2. The average Bonchev–Trinajstić information content (AvgIpc) is 2.76. The highest BCUT2D eigenvalue weighted by Gasteiger charge is 2.35. The van der Waals surface area contributed by atoms with Crippen LogP contribution in [0.25, 0.3) is 0 Å². The smallest absolute Gasteiger partial charge is 0.336 e. The Hall–Kier alpha value is -2.49. The average molecular weight is 254 g/mol. The minimum atomic E-state index is -0.920. The summed E-state index contributed by atoms with van der Waals surface area (Å²) >= 11 is 0. The molecule has 0 bridgehead atoms. The molecule has 0 aromatic heterocycles. The van der Waals surface area contributed by atoms with Crippen LogP contribution >= 0.6 is 0 Å². The summed E-state index contributed by atoms with van der Waals surface area (Å²) in [7, 11) is 0. The van der Waals surface area contributed by atoms with Crippen molar-refractivity contribution in [1.82, 2.24) is 0 Å². The first-order valence-electron chi connectivity index (χ1n) is 6.08. The van der Waals surface area contributed by atoms with Crippen molar-refractivity contribution in [3.05, 3.63) is 59.7 Å². The molecule has 0 saturated carbocycles. The lowest BCUT2D eigenvalue weighted by atomic mass is 9.96. The number of aromatic carboxylic acids is 1. The lowest BCUT2D eigenvalue weighted by Gasteiger charge is -2.28. The number of nitrogens with one attached hydrogen (secondary N) is 2. The predicted octanol–water partition coefficient (Wildman–Crippen LogP) is 3.10. The zero-order chi connectivity index (χ0) is 13.5. The molecule has 19 heavy (non-hydrogen) atoms. The molecule has 4 heteroatoms. The molecule has 4 nitrogen and oxygen atoms in total. The third kappa shape index (κ3) is 1.81. The zero-order valence-corrected chi connectivity index (χ0v) is 10.5. The summed E-state index contributed by atoms with van der Waals surface area (Å²) in [4.78, 5) is 11.3. The SMILES string of the molecule is CC1(c2ccccc2C(=O)O)Nc2ccccc2N1. The van der Waals surface area contributed by atoms with Gasteiger partial charge in [-0.1, -0.05) is 30.3 Å². The first-order chi connectivity index (χ1) is 9.10. The van der Waals surface area contributed by atoms with Crippen LogP contribution in [0, 0.1) is 0 Å². The Morgan fingerprint density at radius 3 is 2.11 bits per heavy atom. The van der Waals surface area contributed by atoms with Crippen molar-refractivity contribution in [3.8, 4) is 0 Å². The van der Waals surface area contributed by atoms with Crippen molar-refractivity contribution in [2.75, 3.05) is 10.6 Å². The Bertz CT molecular complexity index is 627. The molecule has 3 rings (SSSR count). The van der Waals surface area contributed by atoms with Crippen LogP contribution in [0.15, 0.2) is 48.5 Å². The molecule has 0 aliphatic carbocycles. The van der Waals surface area contributed by atoms with Crippen LogP contribution in [0.2, 0.25) is 0 Å². The third-order valence-corrected chi connectivity index (χ3v) is 3.39. The molecule has 0 spiro atoms. The molecule has 2 aromatic rings. The van der Waals surface area contributed by atoms with Crippen LogP contribution in [-0.2, 0) is 5.66 Å². The van der Waals surface area contributed by atoms with E-state index >= 15 is 0 Å². The molecular weight excluding hydrogens is 240 g/mol. The fourth-order valence-electron chi connectivity index (χ4n) is 2.51. The molecule has 0 atom stereocenters. The molecular formula is C15H14N2O2. The lowest BCUT2D eigenvalue weighted by molar-refractivity contribution is 0.0694. The van der Waals surface area contributed by atoms with E-state index < -0.39 is 11.6 Å². The van der Waals surface area contributed by atoms with Gasteiger partial charge in [-0.15, -0.1) is 0 Å². The van der Waals surface area contributed by atoms with Crippen molar-refractivity contribution in [2.24, 2.45) is 0 Å². The van der Waals surface area contributed by atoms with Crippen LogP contribution in [0.4, 0.5) is 11.4 Å². The lowest BCUT2D eigenvalue weighted by Crippen LogP contribution is -2.36. The molecule has 1 aliphatic heterocycles. The number of fused-ring (bicyclic) bond motifs is 1. The van der Waals surface area contributed by atoms with Gasteiger partial charge >= 0.3 is 5.97 Å². The minimum Gasteiger partial charge on any atom is -0.478 e. The normalized spacial score (nSPS) is 15.2. The van der Waals surface area contributed by atoms with E-state index in [0.717, 1.165) is 16.9 Å². The summed E-state index contributed by atoms with van der Waals surface area (Å²) in [5.74, 6) is -0.920. The second-order valence-electron chi connectivity index (χ2n) is 4.77. The maximum Gasteiger partial charge on any atom is 0.336 e. The second kappa shape index (κ2) is 4.02. The molecule has 0 saturated heterocycles. The van der Waals surface area contributed by atoms with Gasteiger partial charge in [-0.2, -0.15) is 0 Å². The topological polar surface area (TPSA) is 61.4 Å². The molecule has 0 amide bonds. The number of hydrogen-bond donors (Lipinski definition) is 3. The van der Waals surface area contributed by atoms with E-state index in [1.165, 1.54) is 0 Å². The maximum atomic E-state index is 11.3. The summed E-state index contributed by atoms with van der Waals surface area (Å²) in [6.07, 6.45) is 0. The van der Waals surface area contributed by atoms with E-state index in [0.29, 0.717) is 5.56 Å². The maximum absolute atomic E-state index is 11.3. The van der Waals surface area contributed by atoms with E-state index in [1.54, 1.807) is 12.1 Å². The summed E-state index contributed by atoms with van der Waals surface area (Å²) in [6.45, 7) is 1.94. The molecule has 3 N–H and O–H groups in total. The number of anilines is 2. The molecule has 1 aliphatic rings. The van der Waals surface area contributed by atoms with Gasteiger partial charge in [-0.3, -0.25) is 0 Å². The van der Waals surface area contributed by atoms with Gasteiger partial charge in [0, 0.05) is 5.56 Å². The van der Waals surface area contributed by atoms with Crippen molar-refractivity contribution in [3.63, 3.8) is 0 Å². The van der Waals surface area contributed by atoms with Gasteiger partial charge in [0.15, 0.2) is 0 Å². The van der Waals surface area contributed by atoms with Crippen LogP contribution in [0.1, 0.15) is 22.8 Å². The molecule has 2 aromatic carbocycles. The predicted molar refractivity (Wildman–Crippen MR) is 74.4 cm³/mol. The highest BCUT2D eigenvalue weighted by Crippen LogP contribution is 2.39. The number of carbonyl (C=O) groups is 1. The quantitative estimate of drug-likeness (QED) is 0.770. The Morgan fingerprint density at radius 1 is 1.00 bits per heavy atom. The second-order valence-corrected chi connectivity index (χ2v) is 4.77. The zero-order valence-electron chi connectivity index (χ0n) is 10.5. The number of hydrogen-bond acceptors (Lipinski definition) is 3. The largest absolute Gasteiger partial charge is 0.478 e. The van der Waals surface area contributed by atoms with Gasteiger partial charge < -0.3 is 15.7 Å². The monoisotopic (exact) mass is 254 g/mol. The van der Waals surface area contributed by atoms with Crippen molar-refractivity contribution in [2.45, 2.75) is 12.6 Å². The van der Waals surface area contributed by atoms with Gasteiger partial charge in [0.2, 0.25) is 0 Å². The summed E-state index contributed by atoms with van der Waals surface area (Å²) in [5, 5.41) is 16.0. The first kappa shape index (κ1) is 11.6. The minimum absolute atomic E-state index is 0.304. The molecule has 96 valence electrons. The third-order valence-electron chi connectivity index (χ3n) is 3.39. The van der Waals surface area contributed by atoms with E-state index in [-0.39, 0.29) is 0 Å². The molecule has 0 radical (unpaired) electrons. The number of para-hydroxylation sites is 2. The van der Waals surface area contributed by atoms with Gasteiger partial charge in [0.25, 0.3) is 0 Å². The van der Waals surface area contributed by atoms with E-state index in [1.807, 2.05) is 43.3 Å². The highest BCUT2D eigenvalue weighted by atomic mass is 16.4. The van der Waals surface area contributed by atoms with Crippen molar-refractivity contribution in [1.29, 1.82) is 0 Å². The van der Waals surface area contributed by atoms with Gasteiger partial charge in [0.05, 0.1) is 16.9 Å². The van der Waals surface area contributed by atoms with Gasteiger partial charge in [-0.05, 0) is 25.1 Å². The summed E-state index contributed by atoms with van der Waals surface area (Å²) in [6, 6.07) is 14.9. The van der Waals surface area contributed by atoms with E-state index in [2.05, 4.69) is 10.6 Å². The molecule has 0 fully saturated rings. The Kier molecular flexibility index (Phi) is 2.45. The number of carboxylic acids is 1. The van der Waals surface area contributed by atoms with Crippen LogP contribution < -0.4 is 10.6 Å². The van der Waals surface area contributed by atoms with Crippen molar-refractivity contribution < 1.29 is 9.90 Å². The first-order valence-corrected chi connectivity index (χ1v) is 6.08. The number of rotatable bonds is 2. The fraction of sp³-hybridized carbons (Fsp3) is 0.133. The Labute approximate surface area is 111 Å². The molecule has 0 unspecified atom stereocenters. The summed E-state index contributed by atoms with van der Waals surface area (Å²) in [5.41, 5.74) is 2.37. The Morgan fingerprint density at radius 2 is 1.53 bits per heavy atom. The van der Waals surface area contributed by atoms with Crippen LogP contribution in [0.5, 0.6) is 0 Å². The standard InChI is InChI=1S/C15H14N2O2/c1-15(11-7-3-2-6-10(11)14(18)19)16-12-8-4-5-9-13(12)17-15/h2-9,16-17H,1H3,(H,18,19). The van der Waals surface area contributed by atoms with Gasteiger partial charge in [0.1, 0.15) is 5.66 Å². The number of carboxylic acid groups (broad SMARTS) is 1. The van der Waals surface area contributed by atoms with Crippen LogP contribution in [0.3, 0.4) is 0 Å². The van der Waals surface area contributed by atoms with E-state index in [9.17, 15) is 9.90 Å². The van der Waals surface area contributed by atoms with E-state index in [4.69, 9.17) is 0 Å². The fourth-order valence-corrected chi connectivity index (χ4v) is 2.51.